The summed E-state index contributed by atoms with van der Waals surface area (Å²) in [6.07, 6.45) is 0.352. The molecule has 0 atom stereocenters. The van der Waals surface area contributed by atoms with E-state index in [1.54, 1.807) is 11.3 Å². The Hall–Kier alpha value is -2.22. The number of carbonyl (C=O) groups excluding carboxylic acids is 2. The van der Waals surface area contributed by atoms with Crippen LogP contribution in [0.25, 0.3) is 11.4 Å². The van der Waals surface area contributed by atoms with Crippen LogP contribution >= 0.6 is 11.3 Å². The van der Waals surface area contributed by atoms with Gasteiger partial charge < -0.3 is 14.6 Å². The Morgan fingerprint density at radius 1 is 1.39 bits per heavy atom. The van der Waals surface area contributed by atoms with Gasteiger partial charge >= 0.3 is 5.97 Å². The highest BCUT2D eigenvalue weighted by Gasteiger charge is 2.16. The van der Waals surface area contributed by atoms with Gasteiger partial charge in [0, 0.05) is 22.9 Å². The first kappa shape index (κ1) is 17.1. The molecule has 0 saturated carbocycles. The molecule has 124 valence electrons. The molecule has 7 nitrogen and oxygen atoms in total. The normalized spacial score (nSPS) is 11.3. The SMILES string of the molecule is CC(C)(C)NC(=O)COC(=O)CCc1nc(-c2ccsc2)no1. The molecule has 1 amide bonds. The number of rotatable bonds is 6. The van der Waals surface area contributed by atoms with Gasteiger partial charge in [0.2, 0.25) is 11.7 Å². The largest absolute Gasteiger partial charge is 0.456 e. The molecule has 0 aliphatic heterocycles. The second-order valence-corrected chi connectivity index (χ2v) is 6.76. The van der Waals surface area contributed by atoms with Gasteiger partial charge in [-0.2, -0.15) is 16.3 Å². The Morgan fingerprint density at radius 2 is 2.17 bits per heavy atom. The van der Waals surface area contributed by atoms with E-state index in [2.05, 4.69) is 15.5 Å². The summed E-state index contributed by atoms with van der Waals surface area (Å²) in [5.74, 6) is 0.0502. The minimum absolute atomic E-state index is 0.0774. The van der Waals surface area contributed by atoms with Gasteiger partial charge in [-0.05, 0) is 32.2 Å². The third-order valence-corrected chi connectivity index (χ3v) is 3.35. The third kappa shape index (κ3) is 5.82. The molecule has 0 bridgehead atoms. The fraction of sp³-hybridized carbons (Fsp3) is 0.467. The number of amides is 1. The van der Waals surface area contributed by atoms with Crippen LogP contribution in [0, 0.1) is 0 Å². The van der Waals surface area contributed by atoms with Crippen LogP contribution in [0.15, 0.2) is 21.3 Å². The number of aromatic nitrogens is 2. The molecule has 2 rings (SSSR count). The molecule has 0 aliphatic carbocycles. The van der Waals surface area contributed by atoms with Crippen LogP contribution in [-0.4, -0.2) is 34.2 Å². The lowest BCUT2D eigenvalue weighted by Gasteiger charge is -2.20. The average Bonchev–Trinajstić information content (AvgIpc) is 3.11. The first-order valence-electron chi connectivity index (χ1n) is 7.15. The van der Waals surface area contributed by atoms with Gasteiger partial charge in [0.05, 0.1) is 6.42 Å². The minimum atomic E-state index is -0.482. The highest BCUT2D eigenvalue weighted by molar-refractivity contribution is 7.08. The van der Waals surface area contributed by atoms with Gasteiger partial charge in [-0.3, -0.25) is 9.59 Å². The molecule has 0 unspecified atom stereocenters. The lowest BCUT2D eigenvalue weighted by atomic mass is 10.1. The van der Waals surface area contributed by atoms with Gasteiger partial charge in [0.1, 0.15) is 0 Å². The van der Waals surface area contributed by atoms with Crippen molar-refractivity contribution in [2.75, 3.05) is 6.61 Å². The van der Waals surface area contributed by atoms with Gasteiger partial charge in [-0.25, -0.2) is 0 Å². The van der Waals surface area contributed by atoms with E-state index in [-0.39, 0.29) is 30.9 Å². The molecule has 0 spiro atoms. The molecule has 0 radical (unpaired) electrons. The number of hydrogen-bond donors (Lipinski definition) is 1. The van der Waals surface area contributed by atoms with Crippen LogP contribution in [0.4, 0.5) is 0 Å². The van der Waals surface area contributed by atoms with Crippen LogP contribution in [-0.2, 0) is 20.7 Å². The maximum atomic E-state index is 11.6. The smallest absolute Gasteiger partial charge is 0.306 e. The average molecular weight is 337 g/mol. The molecule has 0 fully saturated rings. The molecule has 0 aromatic carbocycles. The van der Waals surface area contributed by atoms with E-state index in [4.69, 9.17) is 9.26 Å². The zero-order chi connectivity index (χ0) is 16.9. The van der Waals surface area contributed by atoms with Gasteiger partial charge in [0.25, 0.3) is 5.91 Å². The third-order valence-electron chi connectivity index (χ3n) is 2.67. The molecule has 2 aromatic rings. The van der Waals surface area contributed by atoms with E-state index in [0.717, 1.165) is 5.56 Å². The predicted molar refractivity (Wildman–Crippen MR) is 84.8 cm³/mol. The maximum Gasteiger partial charge on any atom is 0.306 e. The lowest BCUT2D eigenvalue weighted by molar-refractivity contribution is -0.149. The molecular weight excluding hydrogens is 318 g/mol. The Labute approximate surface area is 138 Å². The Kier molecular flexibility index (Phi) is 5.49. The minimum Gasteiger partial charge on any atom is -0.456 e. The van der Waals surface area contributed by atoms with Crippen LogP contribution in [0.5, 0.6) is 0 Å². The number of ether oxygens (including phenoxy) is 1. The number of aryl methyl sites for hydroxylation is 1. The Morgan fingerprint density at radius 3 is 2.83 bits per heavy atom. The van der Waals surface area contributed by atoms with E-state index in [1.807, 2.05) is 37.6 Å². The van der Waals surface area contributed by atoms with Crippen molar-refractivity contribution in [2.24, 2.45) is 0 Å². The first-order chi connectivity index (χ1) is 10.8. The zero-order valence-electron chi connectivity index (χ0n) is 13.3. The fourth-order valence-electron chi connectivity index (χ4n) is 1.75. The summed E-state index contributed by atoms with van der Waals surface area (Å²) in [6, 6.07) is 1.89. The maximum absolute atomic E-state index is 11.6. The first-order valence-corrected chi connectivity index (χ1v) is 8.09. The molecular formula is C15H19N3O4S. The molecule has 2 aromatic heterocycles. The van der Waals surface area contributed by atoms with Gasteiger partial charge in [0.15, 0.2) is 6.61 Å². The highest BCUT2D eigenvalue weighted by atomic mass is 32.1. The van der Waals surface area contributed by atoms with E-state index in [1.165, 1.54) is 0 Å². The van der Waals surface area contributed by atoms with E-state index < -0.39 is 5.97 Å². The molecule has 0 aliphatic rings. The standard InChI is InChI=1S/C15H19N3O4S/c1-15(2,3)17-11(19)8-21-13(20)5-4-12-16-14(18-22-12)10-6-7-23-9-10/h6-7,9H,4-5,8H2,1-3H3,(H,17,19). The van der Waals surface area contributed by atoms with Gasteiger partial charge in [-0.15, -0.1) is 0 Å². The highest BCUT2D eigenvalue weighted by Crippen LogP contribution is 2.18. The van der Waals surface area contributed by atoms with Crippen molar-refractivity contribution >= 4 is 23.2 Å². The fourth-order valence-corrected chi connectivity index (χ4v) is 2.38. The van der Waals surface area contributed by atoms with Crippen molar-refractivity contribution in [1.82, 2.24) is 15.5 Å². The number of thiophene rings is 1. The summed E-state index contributed by atoms with van der Waals surface area (Å²) in [6.45, 7) is 5.27. The van der Waals surface area contributed by atoms with Crippen molar-refractivity contribution < 1.29 is 18.8 Å². The number of nitrogens with zero attached hydrogens (tertiary/aromatic N) is 2. The monoisotopic (exact) mass is 337 g/mol. The summed E-state index contributed by atoms with van der Waals surface area (Å²) < 4.78 is 10.00. The number of hydrogen-bond acceptors (Lipinski definition) is 7. The van der Waals surface area contributed by atoms with Crippen molar-refractivity contribution in [2.45, 2.75) is 39.2 Å². The molecule has 1 N–H and O–H groups in total. The van der Waals surface area contributed by atoms with Crippen molar-refractivity contribution in [3.05, 3.63) is 22.7 Å². The summed E-state index contributed by atoms with van der Waals surface area (Å²) >= 11 is 1.54. The van der Waals surface area contributed by atoms with E-state index in [9.17, 15) is 9.59 Å². The quantitative estimate of drug-likeness (QED) is 0.812. The second kappa shape index (κ2) is 7.36. The Bertz CT molecular complexity index is 659. The van der Waals surface area contributed by atoms with Crippen LogP contribution in [0.2, 0.25) is 0 Å². The van der Waals surface area contributed by atoms with Crippen molar-refractivity contribution in [3.8, 4) is 11.4 Å². The number of esters is 1. The molecule has 23 heavy (non-hydrogen) atoms. The lowest BCUT2D eigenvalue weighted by Crippen LogP contribution is -2.42. The van der Waals surface area contributed by atoms with Crippen LogP contribution in [0.3, 0.4) is 0 Å². The predicted octanol–water partition coefficient (Wildman–Crippen LogP) is 2.19. The second-order valence-electron chi connectivity index (χ2n) is 5.98. The molecule has 2 heterocycles. The topological polar surface area (TPSA) is 94.3 Å². The summed E-state index contributed by atoms with van der Waals surface area (Å²) in [5.41, 5.74) is 0.525. The van der Waals surface area contributed by atoms with Gasteiger partial charge in [-0.1, -0.05) is 5.16 Å². The van der Waals surface area contributed by atoms with Crippen LogP contribution in [0.1, 0.15) is 33.1 Å². The van der Waals surface area contributed by atoms with Crippen molar-refractivity contribution in [3.63, 3.8) is 0 Å². The van der Waals surface area contributed by atoms with Crippen LogP contribution < -0.4 is 5.32 Å². The Balaban J connectivity index is 1.73. The summed E-state index contributed by atoms with van der Waals surface area (Å²) in [5, 5.41) is 10.4. The number of nitrogens with one attached hydrogen (secondary N) is 1. The van der Waals surface area contributed by atoms with Crippen molar-refractivity contribution in [1.29, 1.82) is 0 Å². The molecule has 8 heteroatoms. The summed E-state index contributed by atoms with van der Waals surface area (Å²) in [4.78, 5) is 27.4. The number of carbonyl (C=O) groups is 2. The zero-order valence-corrected chi connectivity index (χ0v) is 14.1. The molecule has 0 saturated heterocycles. The van der Waals surface area contributed by atoms with E-state index in [0.29, 0.717) is 11.7 Å². The van der Waals surface area contributed by atoms with E-state index >= 15 is 0 Å². The summed E-state index contributed by atoms with van der Waals surface area (Å²) in [7, 11) is 0.